The van der Waals surface area contributed by atoms with E-state index in [1.807, 2.05) is 0 Å². The molecule has 3 aliphatic rings. The summed E-state index contributed by atoms with van der Waals surface area (Å²) in [5.74, 6) is 0.936. The molecule has 1 N–H and O–H groups in total. The molecule has 4 heterocycles. The van der Waals surface area contributed by atoms with Crippen LogP contribution in [0.15, 0.2) is 12.4 Å². The fraction of sp³-hybridized carbons (Fsp3) is 0.556. The highest BCUT2D eigenvalue weighted by Gasteiger charge is 2.36. The Labute approximate surface area is 87.3 Å². The van der Waals surface area contributed by atoms with E-state index in [9.17, 15) is 0 Å². The number of fused-ring (bicyclic) bond motifs is 2. The summed E-state index contributed by atoms with van der Waals surface area (Å²) in [6.45, 7) is 2.07. The van der Waals surface area contributed by atoms with E-state index < -0.39 is 0 Å². The van der Waals surface area contributed by atoms with Gasteiger partial charge in [-0.15, -0.1) is 0 Å². The third-order valence-corrected chi connectivity index (χ3v) is 3.05. The Kier molecular flexibility index (Phi) is 1.85. The van der Waals surface area contributed by atoms with Gasteiger partial charge >= 0.3 is 0 Å². The highest BCUT2D eigenvalue weighted by Crippen LogP contribution is 2.24. The standard InChI is InChI=1S/C9H11ClN4/c10-8-2-12-9(3-11-8)14-4-6-1-7(5-14)13-6/h2-3,6-7,13H,1,4-5H2. The average Bonchev–Trinajstić information content (AvgIpc) is 2.18. The van der Waals surface area contributed by atoms with Crippen LogP contribution in [0.25, 0.3) is 0 Å². The number of rotatable bonds is 1. The molecule has 4 rings (SSSR count). The van der Waals surface area contributed by atoms with Gasteiger partial charge in [0.25, 0.3) is 0 Å². The number of halogens is 1. The molecule has 0 spiro atoms. The third-order valence-electron chi connectivity index (χ3n) is 2.85. The molecule has 3 saturated heterocycles. The molecule has 74 valence electrons. The van der Waals surface area contributed by atoms with E-state index in [0.717, 1.165) is 18.9 Å². The van der Waals surface area contributed by atoms with Crippen molar-refractivity contribution in [3.8, 4) is 0 Å². The molecule has 2 atom stereocenters. The van der Waals surface area contributed by atoms with Gasteiger partial charge in [-0.2, -0.15) is 0 Å². The summed E-state index contributed by atoms with van der Waals surface area (Å²) < 4.78 is 0. The lowest BCUT2D eigenvalue weighted by atomic mass is 9.91. The van der Waals surface area contributed by atoms with E-state index in [0.29, 0.717) is 17.2 Å². The van der Waals surface area contributed by atoms with Gasteiger partial charge in [-0.05, 0) is 6.42 Å². The molecule has 0 radical (unpaired) electrons. The summed E-state index contributed by atoms with van der Waals surface area (Å²) in [6.07, 6.45) is 4.65. The summed E-state index contributed by atoms with van der Waals surface area (Å²) >= 11 is 5.68. The van der Waals surface area contributed by atoms with Crippen LogP contribution in [0.5, 0.6) is 0 Å². The van der Waals surface area contributed by atoms with Crippen molar-refractivity contribution in [2.75, 3.05) is 18.0 Å². The first-order valence-corrected chi connectivity index (χ1v) is 5.17. The highest BCUT2D eigenvalue weighted by atomic mass is 35.5. The molecule has 0 amide bonds. The van der Waals surface area contributed by atoms with E-state index >= 15 is 0 Å². The van der Waals surface area contributed by atoms with Gasteiger partial charge in [0.1, 0.15) is 11.0 Å². The molecule has 14 heavy (non-hydrogen) atoms. The summed E-state index contributed by atoms with van der Waals surface area (Å²) in [5, 5.41) is 3.93. The smallest absolute Gasteiger partial charge is 0.147 e. The van der Waals surface area contributed by atoms with Crippen molar-refractivity contribution < 1.29 is 0 Å². The second-order valence-corrected chi connectivity index (χ2v) is 4.29. The summed E-state index contributed by atoms with van der Waals surface area (Å²) in [6, 6.07) is 1.29. The number of piperidine rings is 1. The molecule has 2 unspecified atom stereocenters. The Morgan fingerprint density at radius 3 is 2.57 bits per heavy atom. The molecule has 0 aromatic carbocycles. The van der Waals surface area contributed by atoms with Gasteiger partial charge in [0.05, 0.1) is 12.4 Å². The van der Waals surface area contributed by atoms with Crippen molar-refractivity contribution in [3.05, 3.63) is 17.5 Å². The molecule has 1 aromatic heterocycles. The van der Waals surface area contributed by atoms with E-state index in [2.05, 4.69) is 20.2 Å². The molecule has 5 heteroatoms. The van der Waals surface area contributed by atoms with E-state index in [1.54, 1.807) is 12.4 Å². The number of hydrogen-bond acceptors (Lipinski definition) is 4. The zero-order valence-corrected chi connectivity index (χ0v) is 8.41. The maximum Gasteiger partial charge on any atom is 0.147 e. The van der Waals surface area contributed by atoms with Crippen molar-refractivity contribution in [2.45, 2.75) is 18.5 Å². The van der Waals surface area contributed by atoms with Crippen molar-refractivity contribution >= 4 is 17.4 Å². The van der Waals surface area contributed by atoms with Crippen molar-refractivity contribution in [1.29, 1.82) is 0 Å². The van der Waals surface area contributed by atoms with Gasteiger partial charge in [0.15, 0.2) is 0 Å². The molecule has 4 nitrogen and oxygen atoms in total. The van der Waals surface area contributed by atoms with E-state index in [-0.39, 0.29) is 0 Å². The molecule has 3 aliphatic heterocycles. The van der Waals surface area contributed by atoms with Gasteiger partial charge in [0, 0.05) is 25.2 Å². The predicted octanol–water partition coefficient (Wildman–Crippen LogP) is 0.680. The first-order valence-electron chi connectivity index (χ1n) is 4.80. The summed E-state index contributed by atoms with van der Waals surface area (Å²) in [5.41, 5.74) is 0. The largest absolute Gasteiger partial charge is 0.352 e. The van der Waals surface area contributed by atoms with Crippen LogP contribution in [0.1, 0.15) is 6.42 Å². The maximum atomic E-state index is 5.68. The van der Waals surface area contributed by atoms with Gasteiger partial charge in [0.2, 0.25) is 0 Å². The quantitative estimate of drug-likeness (QED) is 0.740. The van der Waals surface area contributed by atoms with Crippen LogP contribution < -0.4 is 10.2 Å². The van der Waals surface area contributed by atoms with Crippen LogP contribution in [0, 0.1) is 0 Å². The molecule has 1 aromatic rings. The molecular formula is C9H11ClN4. The lowest BCUT2D eigenvalue weighted by Crippen LogP contribution is -2.67. The van der Waals surface area contributed by atoms with Crippen molar-refractivity contribution in [1.82, 2.24) is 15.3 Å². The fourth-order valence-corrected chi connectivity index (χ4v) is 2.27. The predicted molar refractivity (Wildman–Crippen MR) is 54.6 cm³/mol. The van der Waals surface area contributed by atoms with E-state index in [4.69, 9.17) is 11.6 Å². The van der Waals surface area contributed by atoms with Crippen LogP contribution >= 0.6 is 11.6 Å². The lowest BCUT2D eigenvalue weighted by Gasteiger charge is -2.48. The van der Waals surface area contributed by atoms with Gasteiger partial charge in [-0.3, -0.25) is 0 Å². The minimum Gasteiger partial charge on any atom is -0.352 e. The highest BCUT2D eigenvalue weighted by molar-refractivity contribution is 6.29. The number of anilines is 1. The van der Waals surface area contributed by atoms with Gasteiger partial charge in [-0.1, -0.05) is 11.6 Å². The lowest BCUT2D eigenvalue weighted by molar-refractivity contribution is 0.225. The van der Waals surface area contributed by atoms with Crippen molar-refractivity contribution in [2.24, 2.45) is 0 Å². The SMILES string of the molecule is Clc1cnc(N2CC3CC(C2)N3)cn1. The zero-order valence-electron chi connectivity index (χ0n) is 7.65. The molecule has 0 saturated carbocycles. The maximum absolute atomic E-state index is 5.68. The first kappa shape index (κ1) is 8.44. The normalized spacial score (nSPS) is 29.9. The average molecular weight is 211 g/mol. The zero-order chi connectivity index (χ0) is 9.54. The fourth-order valence-electron chi connectivity index (χ4n) is 2.17. The minimum absolute atomic E-state index is 0.453. The molecule has 2 bridgehead atoms. The summed E-state index contributed by atoms with van der Waals surface area (Å²) in [4.78, 5) is 10.6. The monoisotopic (exact) mass is 210 g/mol. The number of nitrogens with zero attached hydrogens (tertiary/aromatic N) is 3. The molecule has 3 fully saturated rings. The number of aromatic nitrogens is 2. The van der Waals surface area contributed by atoms with Gasteiger partial charge < -0.3 is 10.2 Å². The van der Waals surface area contributed by atoms with Crippen LogP contribution in [-0.4, -0.2) is 35.1 Å². The second-order valence-electron chi connectivity index (χ2n) is 3.90. The number of piperazine rings is 1. The van der Waals surface area contributed by atoms with Crippen LogP contribution in [0.3, 0.4) is 0 Å². The third kappa shape index (κ3) is 1.35. The molecule has 0 aliphatic carbocycles. The number of hydrogen-bond donors (Lipinski definition) is 1. The Hall–Kier alpha value is -0.870. The van der Waals surface area contributed by atoms with E-state index in [1.165, 1.54) is 6.42 Å². The second kappa shape index (κ2) is 3.07. The van der Waals surface area contributed by atoms with Gasteiger partial charge in [-0.25, -0.2) is 9.97 Å². The Morgan fingerprint density at radius 1 is 1.29 bits per heavy atom. The van der Waals surface area contributed by atoms with Crippen LogP contribution in [0.2, 0.25) is 5.15 Å². The number of nitrogens with one attached hydrogen (secondary N) is 1. The van der Waals surface area contributed by atoms with Crippen LogP contribution in [-0.2, 0) is 0 Å². The summed E-state index contributed by atoms with van der Waals surface area (Å²) in [7, 11) is 0. The van der Waals surface area contributed by atoms with Crippen molar-refractivity contribution in [3.63, 3.8) is 0 Å². The Balaban J connectivity index is 1.79. The van der Waals surface area contributed by atoms with Crippen LogP contribution in [0.4, 0.5) is 5.82 Å². The topological polar surface area (TPSA) is 41.1 Å². The minimum atomic E-state index is 0.453. The Morgan fingerprint density at radius 2 is 2.00 bits per heavy atom. The Bertz CT molecular complexity index is 323. The first-order chi connectivity index (χ1) is 6.81. The molecular weight excluding hydrogens is 200 g/mol.